The number of piperazine rings is 1. The van der Waals surface area contributed by atoms with Gasteiger partial charge in [0.25, 0.3) is 0 Å². The van der Waals surface area contributed by atoms with Crippen molar-refractivity contribution < 1.29 is 4.21 Å². The molecule has 0 aromatic heterocycles. The number of hydrogen-bond donors (Lipinski definition) is 1. The maximum absolute atomic E-state index is 11.3. The summed E-state index contributed by atoms with van der Waals surface area (Å²) in [6.45, 7) is 11.0. The van der Waals surface area contributed by atoms with E-state index < -0.39 is 10.8 Å². The predicted molar refractivity (Wildman–Crippen MR) is 71.3 cm³/mol. The third-order valence-electron chi connectivity index (χ3n) is 3.75. The van der Waals surface area contributed by atoms with Gasteiger partial charge in [-0.15, -0.1) is 0 Å². The summed E-state index contributed by atoms with van der Waals surface area (Å²) in [5.41, 5.74) is 0.271. The molecule has 1 fully saturated rings. The molecule has 3 nitrogen and oxygen atoms in total. The van der Waals surface area contributed by atoms with Gasteiger partial charge in [-0.2, -0.15) is 0 Å². The lowest BCUT2D eigenvalue weighted by Gasteiger charge is -2.41. The van der Waals surface area contributed by atoms with E-state index in [-0.39, 0.29) is 5.54 Å². The summed E-state index contributed by atoms with van der Waals surface area (Å²) in [7, 11) is -0.678. The zero-order valence-corrected chi connectivity index (χ0v) is 11.9. The van der Waals surface area contributed by atoms with Crippen molar-refractivity contribution in [2.24, 2.45) is 0 Å². The van der Waals surface area contributed by atoms with Gasteiger partial charge in [0.05, 0.1) is 0 Å². The third-order valence-corrected chi connectivity index (χ3v) is 5.12. The van der Waals surface area contributed by atoms with Gasteiger partial charge in [0, 0.05) is 47.5 Å². The molecule has 3 atom stereocenters. The summed E-state index contributed by atoms with van der Waals surface area (Å²) < 4.78 is 11.3. The molecule has 0 aromatic rings. The smallest absolute Gasteiger partial charge is 0.0329 e. The van der Waals surface area contributed by atoms with Crippen LogP contribution in [0.3, 0.4) is 0 Å². The second-order valence-corrected chi connectivity index (χ2v) is 7.02. The van der Waals surface area contributed by atoms with Crippen LogP contribution >= 0.6 is 0 Å². The van der Waals surface area contributed by atoms with Gasteiger partial charge >= 0.3 is 0 Å². The minimum absolute atomic E-state index is 0.271. The standard InChI is InChI=1S/C12H26N2OS/c1-5-12(3)10-14(9-7-13-12)8-6-11(2)16(4)15/h11,13H,5-10H2,1-4H3. The van der Waals surface area contributed by atoms with Gasteiger partial charge in [-0.25, -0.2) is 0 Å². The zero-order valence-electron chi connectivity index (χ0n) is 11.1. The number of hydrogen-bond acceptors (Lipinski definition) is 3. The molecule has 0 bridgehead atoms. The van der Waals surface area contributed by atoms with Gasteiger partial charge in [0.15, 0.2) is 0 Å². The van der Waals surface area contributed by atoms with Crippen LogP contribution in [0.25, 0.3) is 0 Å². The quantitative estimate of drug-likeness (QED) is 0.791. The Labute approximate surface area is 102 Å². The SMILES string of the molecule is CCC1(C)CN(CCC(C)S(C)=O)CCN1. The van der Waals surface area contributed by atoms with Gasteiger partial charge < -0.3 is 10.2 Å². The fourth-order valence-electron chi connectivity index (χ4n) is 2.10. The Morgan fingerprint density at radius 1 is 1.56 bits per heavy atom. The molecule has 1 rings (SSSR count). The highest BCUT2D eigenvalue weighted by atomic mass is 32.2. The largest absolute Gasteiger partial charge is 0.309 e. The first-order valence-corrected chi connectivity index (χ1v) is 7.88. The summed E-state index contributed by atoms with van der Waals surface area (Å²) in [4.78, 5) is 2.50. The fourth-order valence-corrected chi connectivity index (χ4v) is 2.54. The van der Waals surface area contributed by atoms with Gasteiger partial charge in [-0.1, -0.05) is 13.8 Å². The van der Waals surface area contributed by atoms with E-state index in [4.69, 9.17) is 0 Å². The maximum atomic E-state index is 11.3. The average Bonchev–Trinajstić information content (AvgIpc) is 2.26. The van der Waals surface area contributed by atoms with Crippen LogP contribution in [-0.2, 0) is 10.8 Å². The van der Waals surface area contributed by atoms with Crippen molar-refractivity contribution in [3.8, 4) is 0 Å². The Morgan fingerprint density at radius 3 is 2.81 bits per heavy atom. The van der Waals surface area contributed by atoms with E-state index in [9.17, 15) is 4.21 Å². The van der Waals surface area contributed by atoms with Gasteiger partial charge in [0.1, 0.15) is 0 Å². The maximum Gasteiger partial charge on any atom is 0.0329 e. The Kier molecular flexibility index (Phi) is 5.41. The van der Waals surface area contributed by atoms with E-state index in [1.807, 2.05) is 0 Å². The third kappa shape index (κ3) is 4.15. The van der Waals surface area contributed by atoms with Crippen LogP contribution < -0.4 is 5.32 Å². The molecule has 0 saturated carbocycles. The van der Waals surface area contributed by atoms with Crippen molar-refractivity contribution in [2.45, 2.75) is 44.4 Å². The van der Waals surface area contributed by atoms with E-state index >= 15 is 0 Å². The Hall–Kier alpha value is 0.0700. The van der Waals surface area contributed by atoms with Gasteiger partial charge in [-0.3, -0.25) is 4.21 Å². The monoisotopic (exact) mass is 246 g/mol. The minimum atomic E-state index is -0.678. The molecular weight excluding hydrogens is 220 g/mol. The highest BCUT2D eigenvalue weighted by molar-refractivity contribution is 7.84. The van der Waals surface area contributed by atoms with Crippen molar-refractivity contribution >= 4 is 10.8 Å². The summed E-state index contributed by atoms with van der Waals surface area (Å²) in [5, 5.41) is 3.91. The summed E-state index contributed by atoms with van der Waals surface area (Å²) >= 11 is 0. The van der Waals surface area contributed by atoms with Crippen LogP contribution in [0.5, 0.6) is 0 Å². The van der Waals surface area contributed by atoms with Crippen LogP contribution in [0.4, 0.5) is 0 Å². The second kappa shape index (κ2) is 6.12. The van der Waals surface area contributed by atoms with E-state index in [0.717, 1.165) is 32.6 Å². The highest BCUT2D eigenvalue weighted by Gasteiger charge is 2.28. The second-order valence-electron chi connectivity index (χ2n) is 5.22. The van der Waals surface area contributed by atoms with E-state index in [1.165, 1.54) is 6.42 Å². The molecule has 0 spiro atoms. The van der Waals surface area contributed by atoms with Crippen LogP contribution in [0.2, 0.25) is 0 Å². The number of rotatable bonds is 5. The van der Waals surface area contributed by atoms with Crippen molar-refractivity contribution in [3.63, 3.8) is 0 Å². The number of nitrogens with zero attached hydrogens (tertiary/aromatic N) is 1. The molecule has 1 N–H and O–H groups in total. The average molecular weight is 246 g/mol. The first-order valence-electron chi connectivity index (χ1n) is 6.26. The minimum Gasteiger partial charge on any atom is -0.309 e. The highest BCUT2D eigenvalue weighted by Crippen LogP contribution is 2.15. The summed E-state index contributed by atoms with van der Waals surface area (Å²) in [5.74, 6) is 0. The first-order chi connectivity index (χ1) is 7.47. The van der Waals surface area contributed by atoms with Gasteiger partial charge in [0.2, 0.25) is 0 Å². The van der Waals surface area contributed by atoms with Crippen molar-refractivity contribution in [1.82, 2.24) is 10.2 Å². The Bertz CT molecular complexity index is 247. The zero-order chi connectivity index (χ0) is 12.2. The summed E-state index contributed by atoms with van der Waals surface area (Å²) in [6.07, 6.45) is 4.01. The lowest BCUT2D eigenvalue weighted by molar-refractivity contribution is 0.139. The van der Waals surface area contributed by atoms with Crippen LogP contribution in [-0.4, -0.2) is 52.3 Å². The Balaban J connectivity index is 2.35. The molecule has 0 amide bonds. The molecule has 1 heterocycles. The molecule has 1 aliphatic heterocycles. The molecule has 1 saturated heterocycles. The molecule has 96 valence electrons. The Morgan fingerprint density at radius 2 is 2.25 bits per heavy atom. The molecule has 3 unspecified atom stereocenters. The van der Waals surface area contributed by atoms with Crippen LogP contribution in [0.1, 0.15) is 33.6 Å². The van der Waals surface area contributed by atoms with E-state index in [2.05, 4.69) is 31.0 Å². The lowest BCUT2D eigenvalue weighted by Crippen LogP contribution is -2.58. The van der Waals surface area contributed by atoms with Crippen LogP contribution in [0.15, 0.2) is 0 Å². The molecule has 4 heteroatoms. The lowest BCUT2D eigenvalue weighted by atomic mass is 9.96. The molecule has 0 aliphatic carbocycles. The fraction of sp³-hybridized carbons (Fsp3) is 1.00. The molecule has 1 aliphatic rings. The molecular formula is C12H26N2OS. The number of nitrogens with one attached hydrogen (secondary N) is 1. The topological polar surface area (TPSA) is 32.3 Å². The summed E-state index contributed by atoms with van der Waals surface area (Å²) in [6, 6.07) is 0. The first kappa shape index (κ1) is 14.1. The normalized spacial score (nSPS) is 31.2. The predicted octanol–water partition coefficient (Wildman–Crippen LogP) is 1.22. The van der Waals surface area contributed by atoms with Gasteiger partial charge in [-0.05, 0) is 26.3 Å². The van der Waals surface area contributed by atoms with Crippen molar-refractivity contribution in [3.05, 3.63) is 0 Å². The van der Waals surface area contributed by atoms with E-state index in [1.54, 1.807) is 6.26 Å². The van der Waals surface area contributed by atoms with Crippen LogP contribution in [0, 0.1) is 0 Å². The molecule has 16 heavy (non-hydrogen) atoms. The van der Waals surface area contributed by atoms with Crippen molar-refractivity contribution in [2.75, 3.05) is 32.4 Å². The molecule has 0 radical (unpaired) electrons. The van der Waals surface area contributed by atoms with E-state index in [0.29, 0.717) is 5.25 Å². The molecule has 0 aromatic carbocycles. The van der Waals surface area contributed by atoms with Crippen molar-refractivity contribution in [1.29, 1.82) is 0 Å².